The van der Waals surface area contributed by atoms with Crippen molar-refractivity contribution >= 4 is 28.9 Å². The predicted octanol–water partition coefficient (Wildman–Crippen LogP) is 2.27. The van der Waals surface area contributed by atoms with Crippen molar-refractivity contribution in [2.24, 2.45) is 0 Å². The van der Waals surface area contributed by atoms with Crippen LogP contribution in [0.2, 0.25) is 5.15 Å². The minimum absolute atomic E-state index is 0.236. The fraction of sp³-hybridized carbons (Fsp3) is 0.0833. The van der Waals surface area contributed by atoms with Gasteiger partial charge in [0, 0.05) is 6.20 Å². The Kier molecular flexibility index (Phi) is 3.43. The summed E-state index contributed by atoms with van der Waals surface area (Å²) in [5.41, 5.74) is 7.50. The average Bonchev–Trinajstić information content (AvgIpc) is 2.35. The minimum atomic E-state index is -0.317. The van der Waals surface area contributed by atoms with Crippen LogP contribution in [-0.2, 0) is 0 Å². The summed E-state index contributed by atoms with van der Waals surface area (Å²) in [4.78, 5) is 20.0. The number of nitrogens with one attached hydrogen (secondary N) is 1. The van der Waals surface area contributed by atoms with Crippen LogP contribution in [0.15, 0.2) is 30.6 Å². The molecule has 0 atom stereocenters. The Morgan fingerprint density at radius 2 is 2.22 bits per heavy atom. The van der Waals surface area contributed by atoms with Gasteiger partial charge in [-0.2, -0.15) is 0 Å². The van der Waals surface area contributed by atoms with Crippen LogP contribution in [0.3, 0.4) is 0 Å². The van der Waals surface area contributed by atoms with Crippen molar-refractivity contribution in [1.82, 2.24) is 9.97 Å². The van der Waals surface area contributed by atoms with Crippen molar-refractivity contribution in [3.05, 3.63) is 47.0 Å². The third kappa shape index (κ3) is 2.57. The van der Waals surface area contributed by atoms with Crippen molar-refractivity contribution in [2.75, 3.05) is 11.1 Å². The molecular formula is C12H11ClN4O. The Hall–Kier alpha value is -2.14. The van der Waals surface area contributed by atoms with Gasteiger partial charge in [-0.25, -0.2) is 4.98 Å². The Bertz CT molecular complexity index is 600. The molecule has 0 unspecified atom stereocenters. The van der Waals surface area contributed by atoms with Crippen LogP contribution in [0.25, 0.3) is 0 Å². The lowest BCUT2D eigenvalue weighted by Crippen LogP contribution is -2.15. The summed E-state index contributed by atoms with van der Waals surface area (Å²) in [6, 6.07) is 4.93. The van der Waals surface area contributed by atoms with Crippen LogP contribution in [0, 0.1) is 6.92 Å². The van der Waals surface area contributed by atoms with Gasteiger partial charge < -0.3 is 11.1 Å². The molecule has 0 aliphatic carbocycles. The van der Waals surface area contributed by atoms with E-state index >= 15 is 0 Å². The summed E-state index contributed by atoms with van der Waals surface area (Å²) in [5.74, 6) is -0.317. The number of carbonyl (C=O) groups excluding carboxylic acids is 1. The SMILES string of the molecule is Cc1ncc(N)cc1C(=O)Nc1cccnc1Cl. The number of rotatable bonds is 2. The lowest BCUT2D eigenvalue weighted by Gasteiger charge is -2.08. The molecule has 0 saturated heterocycles. The van der Waals surface area contributed by atoms with E-state index in [1.54, 1.807) is 31.3 Å². The van der Waals surface area contributed by atoms with Crippen LogP contribution >= 0.6 is 11.6 Å². The van der Waals surface area contributed by atoms with Crippen LogP contribution in [0.5, 0.6) is 0 Å². The van der Waals surface area contributed by atoms with Gasteiger partial charge in [0.2, 0.25) is 0 Å². The molecule has 3 N–H and O–H groups in total. The molecular weight excluding hydrogens is 252 g/mol. The van der Waals surface area contributed by atoms with Crippen molar-refractivity contribution in [1.29, 1.82) is 0 Å². The second-order valence-electron chi connectivity index (χ2n) is 3.70. The van der Waals surface area contributed by atoms with Crippen molar-refractivity contribution in [3.8, 4) is 0 Å². The molecule has 0 fully saturated rings. The van der Waals surface area contributed by atoms with E-state index in [0.29, 0.717) is 22.6 Å². The first kappa shape index (κ1) is 12.3. The van der Waals surface area contributed by atoms with Crippen LogP contribution < -0.4 is 11.1 Å². The molecule has 0 aromatic carbocycles. The zero-order valence-electron chi connectivity index (χ0n) is 9.64. The van der Waals surface area contributed by atoms with Gasteiger partial charge in [0.05, 0.1) is 28.8 Å². The predicted molar refractivity (Wildman–Crippen MR) is 70.6 cm³/mol. The van der Waals surface area contributed by atoms with E-state index in [1.165, 1.54) is 6.20 Å². The number of aromatic nitrogens is 2. The smallest absolute Gasteiger partial charge is 0.257 e. The zero-order chi connectivity index (χ0) is 13.1. The number of nitrogen functional groups attached to an aromatic ring is 1. The summed E-state index contributed by atoms with van der Waals surface area (Å²) < 4.78 is 0. The molecule has 5 nitrogen and oxygen atoms in total. The Labute approximate surface area is 109 Å². The van der Waals surface area contributed by atoms with Crippen molar-refractivity contribution < 1.29 is 4.79 Å². The molecule has 2 rings (SSSR count). The van der Waals surface area contributed by atoms with Crippen molar-refractivity contribution in [2.45, 2.75) is 6.92 Å². The number of carbonyl (C=O) groups is 1. The van der Waals surface area contributed by atoms with E-state index in [2.05, 4.69) is 15.3 Å². The maximum atomic E-state index is 12.0. The molecule has 6 heteroatoms. The van der Waals surface area contributed by atoms with Gasteiger partial charge in [0.15, 0.2) is 5.15 Å². The molecule has 2 aromatic rings. The number of halogens is 1. The van der Waals surface area contributed by atoms with Gasteiger partial charge in [0.1, 0.15) is 0 Å². The van der Waals surface area contributed by atoms with Gasteiger partial charge in [-0.1, -0.05) is 11.6 Å². The van der Waals surface area contributed by atoms with Crippen LogP contribution in [-0.4, -0.2) is 15.9 Å². The Morgan fingerprint density at radius 3 is 2.94 bits per heavy atom. The van der Waals surface area contributed by atoms with Crippen LogP contribution in [0.4, 0.5) is 11.4 Å². The summed E-state index contributed by atoms with van der Waals surface area (Å²) in [6.07, 6.45) is 3.05. The quantitative estimate of drug-likeness (QED) is 0.814. The Balaban J connectivity index is 2.28. The lowest BCUT2D eigenvalue weighted by molar-refractivity contribution is 0.102. The van der Waals surface area contributed by atoms with Gasteiger partial charge in [-0.05, 0) is 25.1 Å². The summed E-state index contributed by atoms with van der Waals surface area (Å²) in [6.45, 7) is 1.74. The highest BCUT2D eigenvalue weighted by Crippen LogP contribution is 2.19. The normalized spacial score (nSPS) is 10.1. The maximum Gasteiger partial charge on any atom is 0.257 e. The maximum absolute atomic E-state index is 12.0. The first-order valence-electron chi connectivity index (χ1n) is 5.22. The molecule has 1 amide bonds. The molecule has 18 heavy (non-hydrogen) atoms. The average molecular weight is 263 g/mol. The monoisotopic (exact) mass is 262 g/mol. The minimum Gasteiger partial charge on any atom is -0.397 e. The highest BCUT2D eigenvalue weighted by Gasteiger charge is 2.12. The molecule has 2 aromatic heterocycles. The third-order valence-electron chi connectivity index (χ3n) is 2.36. The molecule has 0 radical (unpaired) electrons. The number of nitrogens with two attached hydrogens (primary N) is 1. The highest BCUT2D eigenvalue weighted by molar-refractivity contribution is 6.32. The fourth-order valence-corrected chi connectivity index (χ4v) is 1.61. The van der Waals surface area contributed by atoms with Crippen molar-refractivity contribution in [3.63, 3.8) is 0 Å². The van der Waals surface area contributed by atoms with E-state index in [0.717, 1.165) is 0 Å². The molecule has 0 saturated carbocycles. The van der Waals surface area contributed by atoms with E-state index in [4.69, 9.17) is 17.3 Å². The standard InChI is InChI=1S/C12H11ClN4O/c1-7-9(5-8(14)6-16-7)12(18)17-10-3-2-4-15-11(10)13/h2-6H,14H2,1H3,(H,17,18). The van der Waals surface area contributed by atoms with Gasteiger partial charge in [-0.3, -0.25) is 9.78 Å². The van der Waals surface area contributed by atoms with E-state index in [9.17, 15) is 4.79 Å². The highest BCUT2D eigenvalue weighted by atomic mass is 35.5. The van der Waals surface area contributed by atoms with Gasteiger partial charge >= 0.3 is 0 Å². The van der Waals surface area contributed by atoms with Crippen LogP contribution in [0.1, 0.15) is 16.1 Å². The van der Waals surface area contributed by atoms with E-state index in [1.807, 2.05) is 0 Å². The second-order valence-corrected chi connectivity index (χ2v) is 4.06. The number of anilines is 2. The zero-order valence-corrected chi connectivity index (χ0v) is 10.4. The number of aryl methyl sites for hydroxylation is 1. The number of hydrogen-bond acceptors (Lipinski definition) is 4. The second kappa shape index (κ2) is 5.01. The number of nitrogens with zero attached hydrogens (tertiary/aromatic N) is 2. The molecule has 0 bridgehead atoms. The molecule has 2 heterocycles. The fourth-order valence-electron chi connectivity index (χ4n) is 1.45. The topological polar surface area (TPSA) is 80.9 Å². The first-order valence-corrected chi connectivity index (χ1v) is 5.59. The number of hydrogen-bond donors (Lipinski definition) is 2. The summed E-state index contributed by atoms with van der Waals surface area (Å²) in [7, 11) is 0. The number of amides is 1. The summed E-state index contributed by atoms with van der Waals surface area (Å²) in [5, 5.41) is 2.90. The van der Waals surface area contributed by atoms with E-state index in [-0.39, 0.29) is 11.1 Å². The molecule has 92 valence electrons. The Morgan fingerprint density at radius 1 is 1.44 bits per heavy atom. The number of pyridine rings is 2. The molecule has 0 spiro atoms. The summed E-state index contributed by atoms with van der Waals surface area (Å²) >= 11 is 5.86. The van der Waals surface area contributed by atoms with E-state index < -0.39 is 0 Å². The largest absolute Gasteiger partial charge is 0.397 e. The van der Waals surface area contributed by atoms with Gasteiger partial charge in [0.25, 0.3) is 5.91 Å². The molecule has 0 aliphatic rings. The first-order chi connectivity index (χ1) is 8.58. The van der Waals surface area contributed by atoms with Gasteiger partial charge in [-0.15, -0.1) is 0 Å². The third-order valence-corrected chi connectivity index (χ3v) is 2.66. The lowest BCUT2D eigenvalue weighted by atomic mass is 10.2. The molecule has 0 aliphatic heterocycles.